The number of anilines is 1. The summed E-state index contributed by atoms with van der Waals surface area (Å²) in [7, 11) is 1.53. The summed E-state index contributed by atoms with van der Waals surface area (Å²) < 4.78 is 79.2. The molecule has 214 valence electrons. The lowest BCUT2D eigenvalue weighted by atomic mass is 9.90. The van der Waals surface area contributed by atoms with Gasteiger partial charge in [0.1, 0.15) is 11.5 Å². The van der Waals surface area contributed by atoms with Crippen molar-refractivity contribution >= 4 is 29.2 Å². The van der Waals surface area contributed by atoms with E-state index in [0.717, 1.165) is 17.7 Å². The molecule has 3 aromatic rings. The molecular formula is C25H19ClF6N2O6. The van der Waals surface area contributed by atoms with Gasteiger partial charge in [0.05, 0.1) is 19.3 Å². The highest BCUT2D eigenvalue weighted by molar-refractivity contribution is 6.30. The van der Waals surface area contributed by atoms with Crippen LogP contribution in [0.25, 0.3) is 0 Å². The molecule has 2 aromatic carbocycles. The van der Waals surface area contributed by atoms with Crippen LogP contribution in [0.5, 0.6) is 11.5 Å². The Kier molecular flexibility index (Phi) is 8.84. The summed E-state index contributed by atoms with van der Waals surface area (Å²) in [6, 6.07) is 13.4. The second kappa shape index (κ2) is 11.6. The fourth-order valence-corrected chi connectivity index (χ4v) is 3.96. The number of hydrogen-bond donors (Lipinski definition) is 2. The van der Waals surface area contributed by atoms with Crippen LogP contribution in [0.3, 0.4) is 0 Å². The summed E-state index contributed by atoms with van der Waals surface area (Å²) in [5.74, 6) is -3.37. The average molecular weight is 593 g/mol. The molecule has 15 heteroatoms. The second-order valence-electron chi connectivity index (χ2n) is 8.27. The number of aromatic nitrogens is 1. The number of amides is 1. The molecule has 2 heterocycles. The topological polar surface area (TPSA) is 109 Å². The van der Waals surface area contributed by atoms with Crippen LogP contribution in [0.4, 0.5) is 32.0 Å². The Hall–Kier alpha value is -4.04. The Labute approximate surface area is 227 Å². The molecule has 0 radical (unpaired) electrons. The van der Waals surface area contributed by atoms with Gasteiger partial charge in [-0.25, -0.2) is 4.79 Å². The van der Waals surface area contributed by atoms with Crippen molar-refractivity contribution in [2.45, 2.75) is 31.1 Å². The van der Waals surface area contributed by atoms with Gasteiger partial charge in [0.2, 0.25) is 0 Å². The number of methoxy groups -OCH3 is 1. The number of nitrogens with zero attached hydrogens (tertiary/aromatic N) is 2. The maximum Gasteiger partial charge on any atom is 0.573 e. The molecule has 1 amide bonds. The van der Waals surface area contributed by atoms with Crippen molar-refractivity contribution in [2.75, 3.05) is 12.0 Å². The first-order valence-electron chi connectivity index (χ1n) is 11.0. The van der Waals surface area contributed by atoms with Crippen LogP contribution in [-0.4, -0.2) is 46.7 Å². The maximum absolute atomic E-state index is 13.4. The molecule has 0 saturated carbocycles. The van der Waals surface area contributed by atoms with Gasteiger partial charge >= 0.3 is 18.5 Å². The molecule has 1 aromatic heterocycles. The minimum atomic E-state index is -5.08. The third kappa shape index (κ3) is 7.33. The maximum atomic E-state index is 13.4. The Balaban J connectivity index is 0.000000559. The Morgan fingerprint density at radius 2 is 1.62 bits per heavy atom. The smallest absolute Gasteiger partial charge is 0.497 e. The molecule has 0 spiro atoms. The first kappa shape index (κ1) is 30.5. The van der Waals surface area contributed by atoms with E-state index in [1.807, 2.05) is 0 Å². The van der Waals surface area contributed by atoms with E-state index in [2.05, 4.69) is 9.72 Å². The van der Waals surface area contributed by atoms with Gasteiger partial charge in [-0.3, -0.25) is 9.78 Å². The minimum Gasteiger partial charge on any atom is -0.497 e. The van der Waals surface area contributed by atoms with Crippen molar-refractivity contribution in [1.82, 2.24) is 4.98 Å². The number of carboxylic acids is 1. The number of benzene rings is 2. The van der Waals surface area contributed by atoms with Crippen LogP contribution < -0.4 is 14.4 Å². The van der Waals surface area contributed by atoms with Gasteiger partial charge in [0.25, 0.3) is 5.91 Å². The lowest BCUT2D eigenvalue weighted by Gasteiger charge is -2.23. The fourth-order valence-electron chi connectivity index (χ4n) is 3.78. The lowest BCUT2D eigenvalue weighted by Crippen LogP contribution is -2.41. The highest BCUT2D eigenvalue weighted by Gasteiger charge is 2.50. The van der Waals surface area contributed by atoms with Crippen LogP contribution in [0.1, 0.15) is 16.8 Å². The molecule has 0 saturated heterocycles. The molecule has 1 aliphatic heterocycles. The molecule has 1 unspecified atom stereocenters. The van der Waals surface area contributed by atoms with E-state index in [1.54, 1.807) is 24.3 Å². The van der Waals surface area contributed by atoms with E-state index >= 15 is 0 Å². The van der Waals surface area contributed by atoms with Gasteiger partial charge < -0.3 is 24.6 Å². The normalized spacial score (nSPS) is 16.6. The third-order valence-corrected chi connectivity index (χ3v) is 5.73. The number of pyridine rings is 1. The van der Waals surface area contributed by atoms with Crippen LogP contribution in [0.2, 0.25) is 5.02 Å². The minimum absolute atomic E-state index is 0.00969. The number of aliphatic hydroxyl groups is 1. The van der Waals surface area contributed by atoms with Crippen molar-refractivity contribution < 1.29 is 55.6 Å². The number of aliphatic carboxylic acids is 1. The Morgan fingerprint density at radius 3 is 2.15 bits per heavy atom. The number of carboxylic acid groups (broad SMARTS) is 1. The standard InChI is InChI=1S/C23H18ClF3N2O4.C2HF3O2/c1-32-17-4-2-14(3-5-17)13-29-20-7-6-18(33-23(25,26)27)11-19(20)22(31,21(29)30)12-16-10-15(24)8-9-28-16;3-2(4,5)1(6)7/h2-11,31H,12-13H2,1H3;(H,6,7). The van der Waals surface area contributed by atoms with E-state index in [4.69, 9.17) is 26.2 Å². The molecule has 8 nitrogen and oxygen atoms in total. The number of carbonyl (C=O) groups excluding carboxylic acids is 1. The van der Waals surface area contributed by atoms with E-state index in [0.29, 0.717) is 16.5 Å². The molecule has 0 fully saturated rings. The Morgan fingerprint density at radius 1 is 1.02 bits per heavy atom. The van der Waals surface area contributed by atoms with Crippen LogP contribution >= 0.6 is 11.6 Å². The number of fused-ring (bicyclic) bond motifs is 1. The molecule has 2 N–H and O–H groups in total. The lowest BCUT2D eigenvalue weighted by molar-refractivity contribution is -0.274. The van der Waals surface area contributed by atoms with Gasteiger partial charge in [-0.15, -0.1) is 13.2 Å². The van der Waals surface area contributed by atoms with Crippen LogP contribution in [0, 0.1) is 0 Å². The highest BCUT2D eigenvalue weighted by Crippen LogP contribution is 2.45. The van der Waals surface area contributed by atoms with Gasteiger partial charge in [-0.1, -0.05) is 23.7 Å². The number of alkyl halides is 6. The summed E-state index contributed by atoms with van der Waals surface area (Å²) >= 11 is 6.00. The number of halogens is 7. The number of carbonyl (C=O) groups is 2. The zero-order valence-electron chi connectivity index (χ0n) is 20.3. The van der Waals surface area contributed by atoms with Gasteiger partial charge in [-0.05, 0) is 48.0 Å². The van der Waals surface area contributed by atoms with Gasteiger partial charge in [0.15, 0.2) is 5.60 Å². The fraction of sp³-hybridized carbons (Fsp3) is 0.240. The van der Waals surface area contributed by atoms with E-state index in [-0.39, 0.29) is 24.2 Å². The monoisotopic (exact) mass is 592 g/mol. The second-order valence-corrected chi connectivity index (χ2v) is 8.71. The average Bonchev–Trinajstić information content (AvgIpc) is 3.04. The summed E-state index contributed by atoms with van der Waals surface area (Å²) in [6.07, 6.45) is -8.88. The van der Waals surface area contributed by atoms with Crippen molar-refractivity contribution in [3.63, 3.8) is 0 Å². The molecule has 4 rings (SSSR count). The molecule has 1 atom stereocenters. The first-order valence-corrected chi connectivity index (χ1v) is 11.4. The predicted molar refractivity (Wildman–Crippen MR) is 128 cm³/mol. The predicted octanol–water partition coefficient (Wildman–Crippen LogP) is 5.25. The van der Waals surface area contributed by atoms with E-state index < -0.39 is 35.8 Å². The first-order chi connectivity index (χ1) is 18.5. The summed E-state index contributed by atoms with van der Waals surface area (Å²) in [6.45, 7) is 0.0839. The van der Waals surface area contributed by atoms with Gasteiger partial charge in [-0.2, -0.15) is 13.2 Å². The quantitative estimate of drug-likeness (QED) is 0.376. The zero-order chi connectivity index (χ0) is 29.9. The molecule has 0 bridgehead atoms. The van der Waals surface area contributed by atoms with Gasteiger partial charge in [0, 0.05) is 28.9 Å². The molecule has 40 heavy (non-hydrogen) atoms. The third-order valence-electron chi connectivity index (χ3n) is 5.49. The van der Waals surface area contributed by atoms with Crippen LogP contribution in [0.15, 0.2) is 60.8 Å². The highest BCUT2D eigenvalue weighted by atomic mass is 35.5. The zero-order valence-corrected chi connectivity index (χ0v) is 21.0. The van der Waals surface area contributed by atoms with Crippen molar-refractivity contribution in [3.05, 3.63) is 82.6 Å². The van der Waals surface area contributed by atoms with Crippen molar-refractivity contribution in [2.24, 2.45) is 0 Å². The molecular weight excluding hydrogens is 574 g/mol. The van der Waals surface area contributed by atoms with Crippen LogP contribution in [-0.2, 0) is 28.2 Å². The SMILES string of the molecule is COc1ccc(CN2C(=O)C(O)(Cc3cc(Cl)ccn3)c3cc(OC(F)(F)F)ccc32)cc1.O=C(O)C(F)(F)F. The number of ether oxygens (including phenoxy) is 2. The van der Waals surface area contributed by atoms with Crippen molar-refractivity contribution in [1.29, 1.82) is 0 Å². The summed E-state index contributed by atoms with van der Waals surface area (Å²) in [4.78, 5) is 27.8. The molecule has 0 aliphatic carbocycles. The number of rotatable bonds is 6. The Bertz CT molecular complexity index is 1380. The van der Waals surface area contributed by atoms with E-state index in [1.165, 1.54) is 36.4 Å². The molecule has 1 aliphatic rings. The summed E-state index contributed by atoms with van der Waals surface area (Å²) in [5.41, 5.74) is -0.863. The largest absolute Gasteiger partial charge is 0.573 e. The summed E-state index contributed by atoms with van der Waals surface area (Å²) in [5, 5.41) is 18.9. The van der Waals surface area contributed by atoms with Crippen molar-refractivity contribution in [3.8, 4) is 11.5 Å². The number of hydrogen-bond acceptors (Lipinski definition) is 6. The van der Waals surface area contributed by atoms with E-state index in [9.17, 15) is 36.2 Å².